The average Bonchev–Trinajstić information content (AvgIpc) is 2.98. The van der Waals surface area contributed by atoms with E-state index in [0.717, 1.165) is 30.3 Å². The first kappa shape index (κ1) is 14.6. The Balaban J connectivity index is 2.15. The molecule has 0 amide bonds. The summed E-state index contributed by atoms with van der Waals surface area (Å²) in [5, 5.41) is 11.9. The predicted molar refractivity (Wildman–Crippen MR) is 81.5 cm³/mol. The van der Waals surface area contributed by atoms with E-state index in [4.69, 9.17) is 14.2 Å². The number of methoxy groups -OCH3 is 3. The Morgan fingerprint density at radius 1 is 1.09 bits per heavy atom. The normalized spacial score (nSPS) is 17.0. The van der Waals surface area contributed by atoms with Crippen LogP contribution in [0.2, 0.25) is 0 Å². The lowest BCUT2D eigenvalue weighted by Gasteiger charge is -2.23. The van der Waals surface area contributed by atoms with Crippen molar-refractivity contribution < 1.29 is 14.2 Å². The third-order valence-electron chi connectivity index (χ3n) is 3.85. The highest BCUT2D eigenvalue weighted by Crippen LogP contribution is 2.41. The van der Waals surface area contributed by atoms with Crippen molar-refractivity contribution in [3.63, 3.8) is 0 Å². The van der Waals surface area contributed by atoms with Gasteiger partial charge in [-0.15, -0.1) is 10.2 Å². The molecular weight excluding hydrogens is 284 g/mol. The summed E-state index contributed by atoms with van der Waals surface area (Å²) in [4.78, 5) is 0. The monoisotopic (exact) mass is 304 g/mol. The van der Waals surface area contributed by atoms with Crippen molar-refractivity contribution in [1.29, 1.82) is 0 Å². The van der Waals surface area contributed by atoms with Crippen LogP contribution in [0, 0.1) is 0 Å². The zero-order chi connectivity index (χ0) is 15.7. The Labute approximate surface area is 129 Å². The molecule has 1 unspecified atom stereocenters. The highest BCUT2D eigenvalue weighted by atomic mass is 16.5. The molecule has 1 aliphatic rings. The van der Waals surface area contributed by atoms with Crippen LogP contribution in [0.1, 0.15) is 18.8 Å². The smallest absolute Gasteiger partial charge is 0.203 e. The minimum atomic E-state index is 0.285. The van der Waals surface area contributed by atoms with Gasteiger partial charge in [0, 0.05) is 18.2 Å². The highest BCUT2D eigenvalue weighted by molar-refractivity contribution is 5.67. The molecule has 2 aromatic rings. The maximum atomic E-state index is 5.41. The van der Waals surface area contributed by atoms with Crippen molar-refractivity contribution in [2.45, 2.75) is 19.5 Å². The first-order valence-corrected chi connectivity index (χ1v) is 7.14. The third kappa shape index (κ3) is 2.27. The quantitative estimate of drug-likeness (QED) is 0.926. The van der Waals surface area contributed by atoms with Crippen LogP contribution in [0.15, 0.2) is 12.1 Å². The molecule has 0 spiro atoms. The minimum Gasteiger partial charge on any atom is -0.493 e. The summed E-state index contributed by atoms with van der Waals surface area (Å²) in [6.45, 7) is 3.75. The molecule has 7 heteroatoms. The molecule has 0 saturated heterocycles. The number of hydrogen-bond donors (Lipinski definition) is 1. The third-order valence-corrected chi connectivity index (χ3v) is 3.85. The molecule has 1 aliphatic heterocycles. The molecule has 0 saturated carbocycles. The molecule has 118 valence electrons. The van der Waals surface area contributed by atoms with Gasteiger partial charge in [-0.25, -0.2) is 0 Å². The van der Waals surface area contributed by atoms with E-state index in [1.54, 1.807) is 21.3 Å². The van der Waals surface area contributed by atoms with Gasteiger partial charge in [0.1, 0.15) is 5.82 Å². The second kappa shape index (κ2) is 5.84. The molecule has 2 heterocycles. The molecule has 0 radical (unpaired) electrons. The summed E-state index contributed by atoms with van der Waals surface area (Å²) < 4.78 is 18.3. The Hall–Kier alpha value is -2.28. The van der Waals surface area contributed by atoms with Gasteiger partial charge in [-0.1, -0.05) is 0 Å². The van der Waals surface area contributed by atoms with Crippen LogP contribution < -0.4 is 19.5 Å². The van der Waals surface area contributed by atoms with E-state index in [1.165, 1.54) is 0 Å². The molecular formula is C15H20N4O3. The molecule has 0 aliphatic carbocycles. The van der Waals surface area contributed by atoms with Crippen molar-refractivity contribution in [1.82, 2.24) is 20.1 Å². The lowest BCUT2D eigenvalue weighted by Crippen LogP contribution is -2.31. The van der Waals surface area contributed by atoms with Crippen LogP contribution in [-0.4, -0.2) is 42.6 Å². The van der Waals surface area contributed by atoms with Gasteiger partial charge in [0.15, 0.2) is 17.3 Å². The summed E-state index contributed by atoms with van der Waals surface area (Å²) in [6, 6.07) is 4.08. The van der Waals surface area contributed by atoms with Gasteiger partial charge in [-0.05, 0) is 19.1 Å². The highest BCUT2D eigenvalue weighted by Gasteiger charge is 2.24. The Morgan fingerprint density at radius 3 is 2.36 bits per heavy atom. The summed E-state index contributed by atoms with van der Waals surface area (Å²) in [5.74, 6) is 3.53. The van der Waals surface area contributed by atoms with E-state index >= 15 is 0 Å². The van der Waals surface area contributed by atoms with Crippen molar-refractivity contribution >= 4 is 0 Å². The predicted octanol–water partition coefficient (Wildman–Crippen LogP) is 1.64. The number of nitrogens with one attached hydrogen (secondary N) is 1. The van der Waals surface area contributed by atoms with Crippen molar-refractivity contribution in [2.24, 2.45) is 0 Å². The van der Waals surface area contributed by atoms with Crippen LogP contribution in [0.3, 0.4) is 0 Å². The lowest BCUT2D eigenvalue weighted by molar-refractivity contribution is 0.324. The van der Waals surface area contributed by atoms with E-state index in [2.05, 4.69) is 27.0 Å². The van der Waals surface area contributed by atoms with Gasteiger partial charge in [0.05, 0.1) is 27.9 Å². The van der Waals surface area contributed by atoms with Crippen molar-refractivity contribution in [3.8, 4) is 28.6 Å². The van der Waals surface area contributed by atoms with Gasteiger partial charge < -0.3 is 24.1 Å². The maximum absolute atomic E-state index is 5.41. The number of nitrogens with zero attached hydrogens (tertiary/aromatic N) is 3. The fourth-order valence-electron chi connectivity index (χ4n) is 2.80. The van der Waals surface area contributed by atoms with Gasteiger partial charge in [0.25, 0.3) is 0 Å². The molecule has 22 heavy (non-hydrogen) atoms. The zero-order valence-corrected chi connectivity index (χ0v) is 13.2. The maximum Gasteiger partial charge on any atom is 0.203 e. The first-order valence-electron chi connectivity index (χ1n) is 7.14. The van der Waals surface area contributed by atoms with Crippen LogP contribution in [0.5, 0.6) is 17.2 Å². The number of ether oxygens (including phenoxy) is 3. The number of rotatable bonds is 4. The zero-order valence-electron chi connectivity index (χ0n) is 13.2. The summed E-state index contributed by atoms with van der Waals surface area (Å²) in [5.41, 5.74) is 0.891. The fraction of sp³-hybridized carbons (Fsp3) is 0.467. The summed E-state index contributed by atoms with van der Waals surface area (Å²) >= 11 is 0. The minimum absolute atomic E-state index is 0.285. The van der Waals surface area contributed by atoms with Gasteiger partial charge >= 0.3 is 0 Å². The van der Waals surface area contributed by atoms with Crippen LogP contribution in [0.25, 0.3) is 11.4 Å². The fourth-order valence-corrected chi connectivity index (χ4v) is 2.80. The second-order valence-electron chi connectivity index (χ2n) is 5.20. The number of hydrogen-bond acceptors (Lipinski definition) is 6. The lowest BCUT2D eigenvalue weighted by atomic mass is 10.1. The first-order chi connectivity index (χ1) is 10.7. The van der Waals surface area contributed by atoms with Crippen molar-refractivity contribution in [2.75, 3.05) is 27.9 Å². The molecule has 1 aromatic carbocycles. The molecule has 1 aromatic heterocycles. The van der Waals surface area contributed by atoms with Crippen LogP contribution >= 0.6 is 0 Å². The largest absolute Gasteiger partial charge is 0.493 e. The van der Waals surface area contributed by atoms with E-state index in [9.17, 15) is 0 Å². The second-order valence-corrected chi connectivity index (χ2v) is 5.20. The molecule has 1 atom stereocenters. The van der Waals surface area contributed by atoms with Gasteiger partial charge in [0.2, 0.25) is 5.75 Å². The van der Waals surface area contributed by atoms with E-state index in [1.807, 2.05) is 12.1 Å². The van der Waals surface area contributed by atoms with E-state index in [0.29, 0.717) is 17.2 Å². The summed E-state index contributed by atoms with van der Waals surface area (Å²) in [7, 11) is 4.80. The van der Waals surface area contributed by atoms with E-state index in [-0.39, 0.29) is 6.04 Å². The Bertz CT molecular complexity index is 658. The van der Waals surface area contributed by atoms with Crippen molar-refractivity contribution in [3.05, 3.63) is 18.0 Å². The molecule has 3 rings (SSSR count). The van der Waals surface area contributed by atoms with Gasteiger partial charge in [-0.2, -0.15) is 0 Å². The standard InChI is InChI=1S/C15H20N4O3/c1-9-7-16-8-13-17-18-15(19(9)13)10-5-11(20-2)14(22-4)12(6-10)21-3/h5-6,9,16H,7-8H2,1-4H3. The molecule has 7 nitrogen and oxygen atoms in total. The van der Waals surface area contributed by atoms with Crippen LogP contribution in [-0.2, 0) is 6.54 Å². The number of fused-ring (bicyclic) bond motifs is 1. The van der Waals surface area contributed by atoms with Crippen LogP contribution in [0.4, 0.5) is 0 Å². The number of benzene rings is 1. The average molecular weight is 304 g/mol. The molecule has 0 fully saturated rings. The topological polar surface area (TPSA) is 70.4 Å². The molecule has 0 bridgehead atoms. The van der Waals surface area contributed by atoms with Gasteiger partial charge in [-0.3, -0.25) is 0 Å². The summed E-state index contributed by atoms with van der Waals surface area (Å²) in [6.07, 6.45) is 0. The number of aromatic nitrogens is 3. The SMILES string of the molecule is COc1cc(-c2nnc3n2C(C)CNC3)cc(OC)c1OC. The molecule has 1 N–H and O–H groups in total. The Kier molecular flexibility index (Phi) is 3.89. The Morgan fingerprint density at radius 2 is 1.77 bits per heavy atom. The van der Waals surface area contributed by atoms with E-state index < -0.39 is 0 Å².